The molecule has 2 unspecified atom stereocenters. The van der Waals surface area contributed by atoms with Gasteiger partial charge < -0.3 is 10.6 Å². The molecule has 0 spiro atoms. The molecule has 0 aliphatic carbocycles. The molecule has 0 heterocycles. The normalized spacial score (nSPS) is 13.8. The van der Waals surface area contributed by atoms with Crippen molar-refractivity contribution in [3.05, 3.63) is 42.5 Å². The zero-order valence-electron chi connectivity index (χ0n) is 16.0. The number of rotatable bonds is 8. The number of fused-ring (bicyclic) bond motifs is 1. The van der Waals surface area contributed by atoms with Gasteiger partial charge in [0.2, 0.25) is 15.9 Å². The summed E-state index contributed by atoms with van der Waals surface area (Å²) in [7, 11) is -2.01. The number of carbonyl (C=O) groups excluding carboxylic acids is 1. The van der Waals surface area contributed by atoms with Crippen molar-refractivity contribution in [1.82, 2.24) is 15.4 Å². The maximum absolute atomic E-state index is 12.8. The van der Waals surface area contributed by atoms with E-state index in [1.54, 1.807) is 25.2 Å². The van der Waals surface area contributed by atoms with Crippen molar-refractivity contribution in [2.24, 2.45) is 5.92 Å². The van der Waals surface area contributed by atoms with Crippen LogP contribution in [0.25, 0.3) is 10.8 Å². The molecule has 1 amide bonds. The van der Waals surface area contributed by atoms with Crippen LogP contribution in [0.1, 0.15) is 20.8 Å². The molecule has 0 radical (unpaired) electrons. The largest absolute Gasteiger partial charge is 0.353 e. The molecule has 2 aromatic rings. The van der Waals surface area contributed by atoms with Crippen molar-refractivity contribution in [2.45, 2.75) is 37.8 Å². The van der Waals surface area contributed by atoms with E-state index in [4.69, 9.17) is 0 Å². The van der Waals surface area contributed by atoms with E-state index >= 15 is 0 Å². The molecule has 27 heavy (non-hydrogen) atoms. The molecule has 8 heteroatoms. The first-order valence-corrected chi connectivity index (χ1v) is 10.2. The monoisotopic (exact) mass is 413 g/mol. The van der Waals surface area contributed by atoms with Crippen LogP contribution in [0, 0.1) is 5.92 Å². The van der Waals surface area contributed by atoms with E-state index in [1.807, 2.05) is 45.0 Å². The van der Waals surface area contributed by atoms with E-state index < -0.39 is 16.1 Å². The molecule has 0 bridgehead atoms. The summed E-state index contributed by atoms with van der Waals surface area (Å²) in [6.07, 6.45) is 0. The van der Waals surface area contributed by atoms with Gasteiger partial charge in [-0.3, -0.25) is 4.79 Å². The summed E-state index contributed by atoms with van der Waals surface area (Å²) in [6.45, 7) is 5.99. The third kappa shape index (κ3) is 6.17. The van der Waals surface area contributed by atoms with Crippen LogP contribution in [0.2, 0.25) is 0 Å². The van der Waals surface area contributed by atoms with Crippen molar-refractivity contribution >= 4 is 39.1 Å². The Hall–Kier alpha value is -1.67. The van der Waals surface area contributed by atoms with Crippen molar-refractivity contribution < 1.29 is 13.2 Å². The summed E-state index contributed by atoms with van der Waals surface area (Å²) in [5.74, 6) is -0.512. The van der Waals surface area contributed by atoms with Gasteiger partial charge in [0.15, 0.2) is 0 Å². The summed E-state index contributed by atoms with van der Waals surface area (Å²) in [6, 6.07) is 11.8. The van der Waals surface area contributed by atoms with Gasteiger partial charge in [-0.2, -0.15) is 4.72 Å². The minimum Gasteiger partial charge on any atom is -0.353 e. The van der Waals surface area contributed by atoms with E-state index in [-0.39, 0.29) is 35.2 Å². The van der Waals surface area contributed by atoms with Gasteiger partial charge in [-0.15, -0.1) is 12.4 Å². The second-order valence-corrected chi connectivity index (χ2v) is 8.50. The predicted octanol–water partition coefficient (Wildman–Crippen LogP) is 2.29. The van der Waals surface area contributed by atoms with Crippen molar-refractivity contribution in [2.75, 3.05) is 13.6 Å². The van der Waals surface area contributed by atoms with Gasteiger partial charge in [0.1, 0.15) is 6.04 Å². The molecule has 0 fully saturated rings. The minimum absolute atomic E-state index is 0. The second-order valence-electron chi connectivity index (χ2n) is 6.79. The first kappa shape index (κ1) is 23.4. The molecule has 6 nitrogen and oxygen atoms in total. The second kappa shape index (κ2) is 10.0. The Bertz CT molecular complexity index is 871. The molecule has 0 aliphatic heterocycles. The van der Waals surface area contributed by atoms with E-state index in [2.05, 4.69) is 15.4 Å². The Morgan fingerprint density at radius 1 is 1.04 bits per heavy atom. The molecular formula is C19H28ClN3O3S. The maximum Gasteiger partial charge on any atom is 0.241 e. The maximum atomic E-state index is 12.8. The van der Waals surface area contributed by atoms with Gasteiger partial charge in [-0.1, -0.05) is 44.2 Å². The number of hydrogen-bond acceptors (Lipinski definition) is 4. The van der Waals surface area contributed by atoms with Gasteiger partial charge in [-0.25, -0.2) is 8.42 Å². The van der Waals surface area contributed by atoms with Gasteiger partial charge in [0, 0.05) is 12.6 Å². The fourth-order valence-corrected chi connectivity index (χ4v) is 3.91. The first-order valence-electron chi connectivity index (χ1n) is 8.70. The zero-order valence-corrected chi connectivity index (χ0v) is 17.7. The van der Waals surface area contributed by atoms with Crippen LogP contribution in [-0.4, -0.2) is 40.0 Å². The molecule has 0 saturated heterocycles. The van der Waals surface area contributed by atoms with Crippen LogP contribution in [0.5, 0.6) is 0 Å². The number of likely N-dealkylation sites (N-methyl/N-ethyl adjacent to an activating group) is 1. The van der Waals surface area contributed by atoms with Crippen LogP contribution in [0.3, 0.4) is 0 Å². The minimum atomic E-state index is -3.81. The number of halogens is 1. The summed E-state index contributed by atoms with van der Waals surface area (Å²) in [5.41, 5.74) is 0. The number of carbonyl (C=O) groups is 1. The lowest BCUT2D eigenvalue weighted by Gasteiger charge is -2.22. The summed E-state index contributed by atoms with van der Waals surface area (Å²) in [5, 5.41) is 7.62. The average Bonchev–Trinajstić information content (AvgIpc) is 2.63. The molecule has 2 aromatic carbocycles. The van der Waals surface area contributed by atoms with E-state index in [0.717, 1.165) is 10.8 Å². The van der Waals surface area contributed by atoms with Gasteiger partial charge in [-0.05, 0) is 42.8 Å². The van der Waals surface area contributed by atoms with Crippen LogP contribution < -0.4 is 15.4 Å². The molecule has 2 rings (SSSR count). The Morgan fingerprint density at radius 3 is 2.26 bits per heavy atom. The smallest absolute Gasteiger partial charge is 0.241 e. The summed E-state index contributed by atoms with van der Waals surface area (Å²) in [4.78, 5) is 12.6. The molecule has 3 N–H and O–H groups in total. The Kier molecular flexibility index (Phi) is 8.68. The molecule has 0 aliphatic rings. The fraction of sp³-hybridized carbons (Fsp3) is 0.421. The lowest BCUT2D eigenvalue weighted by atomic mass is 10.1. The van der Waals surface area contributed by atoms with Crippen molar-refractivity contribution in [3.8, 4) is 0 Å². The number of hydrogen-bond donors (Lipinski definition) is 3. The Morgan fingerprint density at radius 2 is 1.67 bits per heavy atom. The third-order valence-electron chi connectivity index (χ3n) is 4.34. The molecular weight excluding hydrogens is 386 g/mol. The zero-order chi connectivity index (χ0) is 19.3. The summed E-state index contributed by atoms with van der Waals surface area (Å²) < 4.78 is 28.1. The number of nitrogens with one attached hydrogen (secondary N) is 3. The number of sulfonamides is 1. The van der Waals surface area contributed by atoms with Crippen molar-refractivity contribution in [3.63, 3.8) is 0 Å². The molecule has 2 atom stereocenters. The quantitative estimate of drug-likeness (QED) is 0.619. The highest BCUT2D eigenvalue weighted by Crippen LogP contribution is 2.19. The first-order chi connectivity index (χ1) is 12.2. The van der Waals surface area contributed by atoms with Gasteiger partial charge in [0.25, 0.3) is 0 Å². The van der Waals surface area contributed by atoms with E-state index in [1.165, 1.54) is 0 Å². The third-order valence-corrected chi connectivity index (χ3v) is 5.78. The standard InChI is InChI=1S/C19H27N3O3S.ClH/c1-13(2)18(19(23)21-12-14(3)20-4)22-26(24,25)17-10-9-15-7-5-6-8-16(15)11-17;/h5-11,13-14,18,20,22H,12H2,1-4H3,(H,21,23);1H. The molecule has 0 saturated carbocycles. The van der Waals surface area contributed by atoms with E-state index in [9.17, 15) is 13.2 Å². The average molecular weight is 414 g/mol. The van der Waals surface area contributed by atoms with Crippen LogP contribution in [-0.2, 0) is 14.8 Å². The fourth-order valence-electron chi connectivity index (χ4n) is 2.53. The highest BCUT2D eigenvalue weighted by molar-refractivity contribution is 7.89. The van der Waals surface area contributed by atoms with E-state index in [0.29, 0.717) is 6.54 Å². The number of benzene rings is 2. The molecule has 150 valence electrons. The van der Waals surface area contributed by atoms with Gasteiger partial charge >= 0.3 is 0 Å². The highest BCUT2D eigenvalue weighted by Gasteiger charge is 2.28. The topological polar surface area (TPSA) is 87.3 Å². The Balaban J connectivity index is 0.00000364. The lowest BCUT2D eigenvalue weighted by molar-refractivity contribution is -0.123. The van der Waals surface area contributed by atoms with Crippen LogP contribution in [0.15, 0.2) is 47.4 Å². The number of amides is 1. The van der Waals surface area contributed by atoms with Crippen LogP contribution >= 0.6 is 12.4 Å². The summed E-state index contributed by atoms with van der Waals surface area (Å²) >= 11 is 0. The lowest BCUT2D eigenvalue weighted by Crippen LogP contribution is -2.51. The van der Waals surface area contributed by atoms with Gasteiger partial charge in [0.05, 0.1) is 4.90 Å². The van der Waals surface area contributed by atoms with Crippen molar-refractivity contribution in [1.29, 1.82) is 0 Å². The SMILES string of the molecule is CNC(C)CNC(=O)C(NS(=O)(=O)c1ccc2ccccc2c1)C(C)C.Cl. The van der Waals surface area contributed by atoms with Crippen LogP contribution in [0.4, 0.5) is 0 Å². The molecule has 0 aromatic heterocycles. The predicted molar refractivity (Wildman–Crippen MR) is 112 cm³/mol. The highest BCUT2D eigenvalue weighted by atomic mass is 35.5. The Labute approximate surface area is 167 Å².